The summed E-state index contributed by atoms with van der Waals surface area (Å²) in [5, 5.41) is 4.36. The first-order chi connectivity index (χ1) is 8.04. The van der Waals surface area contributed by atoms with Gasteiger partial charge in [0.1, 0.15) is 0 Å². The highest BCUT2D eigenvalue weighted by Crippen LogP contribution is 2.25. The summed E-state index contributed by atoms with van der Waals surface area (Å²) in [4.78, 5) is 8.49. The number of ether oxygens (including phenoxy) is 1. The molecule has 0 N–H and O–H groups in total. The SMILES string of the molecule is COc1nc(-n2nc(C)c(Br)c2C)ncc1Br. The summed E-state index contributed by atoms with van der Waals surface area (Å²) in [7, 11) is 1.56. The lowest BCUT2D eigenvalue weighted by Gasteiger charge is -2.05. The first kappa shape index (κ1) is 12.5. The van der Waals surface area contributed by atoms with Gasteiger partial charge in [0, 0.05) is 0 Å². The average molecular weight is 362 g/mol. The molecule has 2 rings (SSSR count). The molecule has 0 spiro atoms. The largest absolute Gasteiger partial charge is 0.480 e. The molecule has 0 saturated heterocycles. The van der Waals surface area contributed by atoms with Gasteiger partial charge in [0.2, 0.25) is 5.88 Å². The molecule has 17 heavy (non-hydrogen) atoms. The maximum atomic E-state index is 5.13. The van der Waals surface area contributed by atoms with Gasteiger partial charge in [-0.15, -0.1) is 0 Å². The molecule has 0 aliphatic carbocycles. The summed E-state index contributed by atoms with van der Waals surface area (Å²) in [5.74, 6) is 0.968. The lowest BCUT2D eigenvalue weighted by Crippen LogP contribution is -2.06. The molecule has 2 aromatic heterocycles. The number of hydrogen-bond donors (Lipinski definition) is 0. The Morgan fingerprint density at radius 2 is 2.00 bits per heavy atom. The van der Waals surface area contributed by atoms with E-state index in [0.717, 1.165) is 15.9 Å². The van der Waals surface area contributed by atoms with Crippen LogP contribution in [0, 0.1) is 13.8 Å². The Balaban J connectivity index is 2.57. The molecule has 0 amide bonds. The molecular formula is C10H10Br2N4O. The summed E-state index contributed by atoms with van der Waals surface area (Å²) in [5.41, 5.74) is 1.85. The molecule has 0 fully saturated rings. The fraction of sp³-hybridized carbons (Fsp3) is 0.300. The van der Waals surface area contributed by atoms with Crippen LogP contribution in [-0.4, -0.2) is 26.9 Å². The molecule has 2 heterocycles. The summed E-state index contributed by atoms with van der Waals surface area (Å²) in [6.45, 7) is 3.87. The van der Waals surface area contributed by atoms with E-state index in [-0.39, 0.29) is 0 Å². The van der Waals surface area contributed by atoms with Crippen LogP contribution in [0.3, 0.4) is 0 Å². The monoisotopic (exact) mass is 360 g/mol. The topological polar surface area (TPSA) is 52.8 Å². The van der Waals surface area contributed by atoms with Gasteiger partial charge in [0.05, 0.1) is 33.6 Å². The van der Waals surface area contributed by atoms with Gasteiger partial charge in [-0.05, 0) is 45.7 Å². The van der Waals surface area contributed by atoms with E-state index in [1.54, 1.807) is 18.0 Å². The minimum absolute atomic E-state index is 0.483. The van der Waals surface area contributed by atoms with Crippen molar-refractivity contribution in [3.05, 3.63) is 26.5 Å². The first-order valence-corrected chi connectivity index (χ1v) is 6.41. The third kappa shape index (κ3) is 2.21. The van der Waals surface area contributed by atoms with E-state index in [9.17, 15) is 0 Å². The molecule has 7 heteroatoms. The molecule has 0 aliphatic rings. The number of aryl methyl sites for hydroxylation is 1. The Kier molecular flexibility index (Phi) is 3.48. The van der Waals surface area contributed by atoms with Gasteiger partial charge in [-0.2, -0.15) is 10.1 Å². The van der Waals surface area contributed by atoms with Gasteiger partial charge < -0.3 is 4.74 Å². The Morgan fingerprint density at radius 3 is 2.53 bits per heavy atom. The van der Waals surface area contributed by atoms with Crippen LogP contribution >= 0.6 is 31.9 Å². The maximum absolute atomic E-state index is 5.13. The molecule has 0 radical (unpaired) electrons. The van der Waals surface area contributed by atoms with E-state index in [0.29, 0.717) is 16.3 Å². The van der Waals surface area contributed by atoms with Crippen molar-refractivity contribution in [3.8, 4) is 11.8 Å². The molecule has 0 bridgehead atoms. The molecule has 0 aliphatic heterocycles. The van der Waals surface area contributed by atoms with Gasteiger partial charge in [0.15, 0.2) is 0 Å². The zero-order valence-corrected chi connectivity index (χ0v) is 12.7. The smallest absolute Gasteiger partial charge is 0.254 e. The van der Waals surface area contributed by atoms with Crippen LogP contribution in [0.5, 0.6) is 5.88 Å². The molecule has 90 valence electrons. The summed E-state index contributed by atoms with van der Waals surface area (Å²) >= 11 is 6.78. The quantitative estimate of drug-likeness (QED) is 0.825. The van der Waals surface area contributed by atoms with Crippen molar-refractivity contribution in [2.24, 2.45) is 0 Å². The minimum Gasteiger partial charge on any atom is -0.480 e. The van der Waals surface area contributed by atoms with E-state index in [1.807, 2.05) is 13.8 Å². The van der Waals surface area contributed by atoms with Crippen molar-refractivity contribution in [2.75, 3.05) is 7.11 Å². The highest BCUT2D eigenvalue weighted by Gasteiger charge is 2.14. The molecule has 0 aromatic carbocycles. The van der Waals surface area contributed by atoms with Crippen molar-refractivity contribution in [3.63, 3.8) is 0 Å². The number of halogens is 2. The fourth-order valence-corrected chi connectivity index (χ4v) is 2.01. The summed E-state index contributed by atoms with van der Waals surface area (Å²) < 4.78 is 8.48. The highest BCUT2D eigenvalue weighted by molar-refractivity contribution is 9.10. The number of nitrogens with zero attached hydrogens (tertiary/aromatic N) is 4. The van der Waals surface area contributed by atoms with Crippen LogP contribution in [-0.2, 0) is 0 Å². The van der Waals surface area contributed by atoms with Crippen molar-refractivity contribution in [1.82, 2.24) is 19.7 Å². The standard InChI is InChI=1S/C10H10Br2N4O/c1-5-8(12)6(2)16(15-5)10-13-4-7(11)9(14-10)17-3/h4H,1-3H3. The number of hydrogen-bond acceptors (Lipinski definition) is 4. The molecule has 2 aromatic rings. The van der Waals surface area contributed by atoms with Gasteiger partial charge in [-0.25, -0.2) is 9.67 Å². The first-order valence-electron chi connectivity index (χ1n) is 4.83. The van der Waals surface area contributed by atoms with E-state index >= 15 is 0 Å². The highest BCUT2D eigenvalue weighted by atomic mass is 79.9. The number of rotatable bonds is 2. The predicted octanol–water partition coefficient (Wildman–Crippen LogP) is 2.81. The van der Waals surface area contributed by atoms with E-state index in [1.165, 1.54) is 0 Å². The van der Waals surface area contributed by atoms with Crippen molar-refractivity contribution in [1.29, 1.82) is 0 Å². The molecule has 0 saturated carbocycles. The zero-order chi connectivity index (χ0) is 12.6. The van der Waals surface area contributed by atoms with Crippen molar-refractivity contribution >= 4 is 31.9 Å². The minimum atomic E-state index is 0.483. The van der Waals surface area contributed by atoms with Gasteiger partial charge >= 0.3 is 0 Å². The van der Waals surface area contributed by atoms with Crippen LogP contribution in [0.15, 0.2) is 15.1 Å². The van der Waals surface area contributed by atoms with Crippen LogP contribution in [0.1, 0.15) is 11.4 Å². The third-order valence-electron chi connectivity index (χ3n) is 2.29. The van der Waals surface area contributed by atoms with Crippen LogP contribution in [0.2, 0.25) is 0 Å². The predicted molar refractivity (Wildman–Crippen MR) is 70.6 cm³/mol. The normalized spacial score (nSPS) is 10.6. The molecule has 0 atom stereocenters. The van der Waals surface area contributed by atoms with Gasteiger partial charge in [0.25, 0.3) is 5.95 Å². The summed E-state index contributed by atoms with van der Waals surface area (Å²) in [6, 6.07) is 0. The number of aromatic nitrogens is 4. The van der Waals surface area contributed by atoms with Crippen molar-refractivity contribution in [2.45, 2.75) is 13.8 Å². The molecule has 5 nitrogen and oxygen atoms in total. The van der Waals surface area contributed by atoms with Crippen LogP contribution in [0.4, 0.5) is 0 Å². The second-order valence-electron chi connectivity index (χ2n) is 3.42. The van der Waals surface area contributed by atoms with Crippen LogP contribution < -0.4 is 4.74 Å². The third-order valence-corrected chi connectivity index (χ3v) is 3.98. The van der Waals surface area contributed by atoms with E-state index < -0.39 is 0 Å². The van der Waals surface area contributed by atoms with Gasteiger partial charge in [-0.3, -0.25) is 0 Å². The maximum Gasteiger partial charge on any atom is 0.254 e. The Morgan fingerprint density at radius 1 is 1.29 bits per heavy atom. The van der Waals surface area contributed by atoms with E-state index in [2.05, 4.69) is 46.9 Å². The van der Waals surface area contributed by atoms with Crippen molar-refractivity contribution < 1.29 is 4.74 Å². The molecule has 0 unspecified atom stereocenters. The fourth-order valence-electron chi connectivity index (χ4n) is 1.41. The lowest BCUT2D eigenvalue weighted by atomic mass is 10.4. The number of methoxy groups -OCH3 is 1. The molecular weight excluding hydrogens is 352 g/mol. The average Bonchev–Trinajstić information content (AvgIpc) is 2.58. The van der Waals surface area contributed by atoms with E-state index in [4.69, 9.17) is 4.74 Å². The summed E-state index contributed by atoms with van der Waals surface area (Å²) in [6.07, 6.45) is 1.64. The lowest BCUT2D eigenvalue weighted by molar-refractivity contribution is 0.392. The zero-order valence-electron chi connectivity index (χ0n) is 9.53. The van der Waals surface area contributed by atoms with Gasteiger partial charge in [-0.1, -0.05) is 0 Å². The Hall–Kier alpha value is -0.950. The Labute approximate surface area is 115 Å². The second kappa shape index (κ2) is 4.73. The van der Waals surface area contributed by atoms with Crippen LogP contribution in [0.25, 0.3) is 5.95 Å². The Bertz CT molecular complexity index is 568. The second-order valence-corrected chi connectivity index (χ2v) is 5.07.